The van der Waals surface area contributed by atoms with Crippen molar-refractivity contribution in [2.45, 2.75) is 55.9 Å². The zero-order valence-corrected chi connectivity index (χ0v) is 14.8. The summed E-state index contributed by atoms with van der Waals surface area (Å²) in [5, 5.41) is 11.4. The second-order valence-electron chi connectivity index (χ2n) is 7.28. The second-order valence-corrected chi connectivity index (χ2v) is 9.49. The second kappa shape index (κ2) is 5.93. The summed E-state index contributed by atoms with van der Waals surface area (Å²) in [4.78, 5) is 0. The van der Waals surface area contributed by atoms with Gasteiger partial charge in [-0.2, -0.15) is 9.40 Å². The Morgan fingerprint density at radius 2 is 2.17 bits per heavy atom. The van der Waals surface area contributed by atoms with Gasteiger partial charge < -0.3 is 10.1 Å². The van der Waals surface area contributed by atoms with E-state index in [2.05, 4.69) is 15.5 Å². The summed E-state index contributed by atoms with van der Waals surface area (Å²) >= 11 is 0. The number of hydrogen-bond donors (Lipinski definition) is 1. The highest BCUT2D eigenvalue weighted by atomic mass is 32.2. The van der Waals surface area contributed by atoms with Crippen LogP contribution in [0.2, 0.25) is 0 Å². The molecule has 1 N–H and O–H groups in total. The number of nitrogens with zero attached hydrogens (tertiary/aromatic N) is 3. The summed E-state index contributed by atoms with van der Waals surface area (Å²) in [7, 11) is -3.12. The first-order valence-electron chi connectivity index (χ1n) is 8.67. The molecule has 1 aliphatic carbocycles. The SMILES string of the molecule is Cc1ccc(N[C@@H]2CO[C@@]3(CCCN(S(=O)(=O)C4CC4)C3)C2)nn1. The van der Waals surface area contributed by atoms with Crippen molar-refractivity contribution in [3.05, 3.63) is 17.8 Å². The van der Waals surface area contributed by atoms with Gasteiger partial charge in [0, 0.05) is 19.5 Å². The van der Waals surface area contributed by atoms with Gasteiger partial charge in [0.15, 0.2) is 0 Å². The predicted molar refractivity (Wildman–Crippen MR) is 90.2 cm³/mol. The molecule has 4 rings (SSSR count). The Bertz CT molecular complexity index is 705. The monoisotopic (exact) mass is 352 g/mol. The van der Waals surface area contributed by atoms with Crippen molar-refractivity contribution >= 4 is 15.8 Å². The number of ether oxygens (including phenoxy) is 1. The van der Waals surface area contributed by atoms with Crippen LogP contribution < -0.4 is 5.32 Å². The fourth-order valence-corrected chi connectivity index (χ4v) is 5.71. The number of hydrogen-bond acceptors (Lipinski definition) is 6. The maximum Gasteiger partial charge on any atom is 0.217 e. The molecule has 7 nitrogen and oxygen atoms in total. The summed E-state index contributed by atoms with van der Waals surface area (Å²) in [5.74, 6) is 0.740. The molecule has 0 unspecified atom stereocenters. The van der Waals surface area contributed by atoms with E-state index in [1.807, 2.05) is 19.1 Å². The number of sulfonamides is 1. The number of nitrogens with one attached hydrogen (secondary N) is 1. The molecule has 2 aliphatic heterocycles. The number of aryl methyl sites for hydroxylation is 1. The normalized spacial score (nSPS) is 31.5. The van der Waals surface area contributed by atoms with E-state index in [0.29, 0.717) is 19.7 Å². The molecular weight excluding hydrogens is 328 g/mol. The molecule has 1 saturated carbocycles. The number of aromatic nitrogens is 2. The van der Waals surface area contributed by atoms with E-state index >= 15 is 0 Å². The maximum absolute atomic E-state index is 12.5. The van der Waals surface area contributed by atoms with Crippen molar-refractivity contribution in [1.82, 2.24) is 14.5 Å². The van der Waals surface area contributed by atoms with Crippen LogP contribution in [0, 0.1) is 6.92 Å². The number of piperidine rings is 1. The van der Waals surface area contributed by atoms with Crippen molar-refractivity contribution < 1.29 is 13.2 Å². The molecule has 132 valence electrons. The number of rotatable bonds is 4. The van der Waals surface area contributed by atoms with E-state index in [-0.39, 0.29) is 16.9 Å². The van der Waals surface area contributed by atoms with Gasteiger partial charge in [-0.1, -0.05) is 0 Å². The molecule has 0 amide bonds. The molecule has 8 heteroatoms. The van der Waals surface area contributed by atoms with Gasteiger partial charge in [-0.25, -0.2) is 8.42 Å². The Morgan fingerprint density at radius 1 is 1.33 bits per heavy atom. The average molecular weight is 352 g/mol. The van der Waals surface area contributed by atoms with Crippen LogP contribution in [-0.4, -0.2) is 59.5 Å². The van der Waals surface area contributed by atoms with E-state index < -0.39 is 10.0 Å². The van der Waals surface area contributed by atoms with Gasteiger partial charge in [0.25, 0.3) is 0 Å². The lowest BCUT2D eigenvalue weighted by Crippen LogP contribution is -2.51. The highest BCUT2D eigenvalue weighted by molar-refractivity contribution is 7.90. The van der Waals surface area contributed by atoms with Crippen LogP contribution in [0.15, 0.2) is 12.1 Å². The topological polar surface area (TPSA) is 84.4 Å². The zero-order valence-electron chi connectivity index (χ0n) is 13.9. The smallest absolute Gasteiger partial charge is 0.217 e. The summed E-state index contributed by atoms with van der Waals surface area (Å²) in [5.41, 5.74) is 0.531. The molecule has 0 radical (unpaired) electrons. The lowest BCUT2D eigenvalue weighted by Gasteiger charge is -2.39. The van der Waals surface area contributed by atoms with E-state index in [1.54, 1.807) is 4.31 Å². The molecule has 1 aromatic heterocycles. The summed E-state index contributed by atoms with van der Waals surface area (Å²) in [6, 6.07) is 3.98. The summed E-state index contributed by atoms with van der Waals surface area (Å²) < 4.78 is 32.8. The first kappa shape index (κ1) is 16.2. The number of anilines is 1. The minimum atomic E-state index is -3.12. The van der Waals surface area contributed by atoms with Crippen molar-refractivity contribution in [2.75, 3.05) is 25.0 Å². The zero-order chi connectivity index (χ0) is 16.8. The van der Waals surface area contributed by atoms with Gasteiger partial charge in [-0.3, -0.25) is 0 Å². The van der Waals surface area contributed by atoms with Gasteiger partial charge in [-0.05, 0) is 44.7 Å². The molecule has 1 spiro atoms. The van der Waals surface area contributed by atoms with Crippen LogP contribution in [0.25, 0.3) is 0 Å². The summed E-state index contributed by atoms with van der Waals surface area (Å²) in [6.07, 6.45) is 4.20. The Labute approximate surface area is 142 Å². The van der Waals surface area contributed by atoms with Crippen molar-refractivity contribution in [3.8, 4) is 0 Å². The van der Waals surface area contributed by atoms with Gasteiger partial charge in [0.1, 0.15) is 5.82 Å². The largest absolute Gasteiger partial charge is 0.371 e. The maximum atomic E-state index is 12.5. The van der Waals surface area contributed by atoms with Crippen LogP contribution >= 0.6 is 0 Å². The Balaban J connectivity index is 1.42. The molecule has 2 saturated heterocycles. The summed E-state index contributed by atoms with van der Waals surface area (Å²) in [6.45, 7) is 3.60. The Morgan fingerprint density at radius 3 is 2.88 bits per heavy atom. The van der Waals surface area contributed by atoms with E-state index in [4.69, 9.17) is 4.74 Å². The average Bonchev–Trinajstić information content (AvgIpc) is 3.36. The molecule has 0 bridgehead atoms. The molecule has 3 fully saturated rings. The van der Waals surface area contributed by atoms with Gasteiger partial charge >= 0.3 is 0 Å². The molecule has 3 heterocycles. The first-order chi connectivity index (χ1) is 11.5. The van der Waals surface area contributed by atoms with Crippen molar-refractivity contribution in [2.24, 2.45) is 0 Å². The molecule has 24 heavy (non-hydrogen) atoms. The van der Waals surface area contributed by atoms with E-state index in [9.17, 15) is 8.42 Å². The molecule has 3 aliphatic rings. The van der Waals surface area contributed by atoms with Crippen molar-refractivity contribution in [1.29, 1.82) is 0 Å². The molecule has 0 aromatic carbocycles. The third kappa shape index (κ3) is 3.14. The minimum Gasteiger partial charge on any atom is -0.371 e. The van der Waals surface area contributed by atoms with Crippen molar-refractivity contribution in [3.63, 3.8) is 0 Å². The Kier molecular flexibility index (Phi) is 4.01. The fourth-order valence-electron chi connectivity index (χ4n) is 3.76. The standard InChI is InChI=1S/C16H24N4O3S/c1-12-3-6-15(19-18-12)17-13-9-16(23-10-13)7-2-8-20(11-16)24(21,22)14-4-5-14/h3,6,13-14H,2,4-5,7-11H2,1H3,(H,17,19)/t13-,16-/m0/s1. The minimum absolute atomic E-state index is 0.144. The predicted octanol–water partition coefficient (Wildman–Crippen LogP) is 1.31. The van der Waals surface area contributed by atoms with Crippen LogP contribution in [-0.2, 0) is 14.8 Å². The molecule has 2 atom stereocenters. The highest BCUT2D eigenvalue weighted by Gasteiger charge is 2.49. The fraction of sp³-hybridized carbons (Fsp3) is 0.750. The quantitative estimate of drug-likeness (QED) is 0.880. The molecule has 1 aromatic rings. The van der Waals surface area contributed by atoms with E-state index in [1.165, 1.54) is 0 Å². The van der Waals surface area contributed by atoms with Crippen LogP contribution in [0.4, 0.5) is 5.82 Å². The van der Waals surface area contributed by atoms with Gasteiger partial charge in [0.05, 0.1) is 29.2 Å². The lowest BCUT2D eigenvalue weighted by atomic mass is 9.90. The highest BCUT2D eigenvalue weighted by Crippen LogP contribution is 2.39. The third-order valence-electron chi connectivity index (χ3n) is 5.17. The molecular formula is C16H24N4O3S. The first-order valence-corrected chi connectivity index (χ1v) is 10.2. The van der Waals surface area contributed by atoms with Crippen LogP contribution in [0.1, 0.15) is 37.8 Å². The van der Waals surface area contributed by atoms with Crippen LogP contribution in [0.3, 0.4) is 0 Å². The van der Waals surface area contributed by atoms with Gasteiger partial charge in [0.2, 0.25) is 10.0 Å². The van der Waals surface area contributed by atoms with Crippen LogP contribution in [0.5, 0.6) is 0 Å². The Hall–Kier alpha value is -1.25. The lowest BCUT2D eigenvalue weighted by molar-refractivity contribution is -0.0329. The van der Waals surface area contributed by atoms with Gasteiger partial charge in [-0.15, -0.1) is 5.10 Å². The third-order valence-corrected chi connectivity index (χ3v) is 7.51. The van der Waals surface area contributed by atoms with E-state index in [0.717, 1.165) is 43.6 Å².